The lowest BCUT2D eigenvalue weighted by molar-refractivity contribution is 0.0422. The lowest BCUT2D eigenvalue weighted by atomic mass is 9.98. The van der Waals surface area contributed by atoms with Crippen LogP contribution in [0.4, 0.5) is 4.79 Å². The third-order valence-corrected chi connectivity index (χ3v) is 5.29. The molecule has 2 atom stereocenters. The van der Waals surface area contributed by atoms with Crippen molar-refractivity contribution in [3.05, 3.63) is 83.4 Å². The van der Waals surface area contributed by atoms with E-state index in [2.05, 4.69) is 61.4 Å². The van der Waals surface area contributed by atoms with Crippen LogP contribution in [0.3, 0.4) is 0 Å². The molecular formula is C28H40N2O3. The van der Waals surface area contributed by atoms with E-state index in [0.29, 0.717) is 25.4 Å². The minimum atomic E-state index is -0.783. The topological polar surface area (TPSA) is 70.6 Å². The Kier molecular flexibility index (Phi) is 10.1. The Labute approximate surface area is 199 Å². The monoisotopic (exact) mass is 452 g/mol. The van der Waals surface area contributed by atoms with Crippen molar-refractivity contribution in [2.24, 2.45) is 0 Å². The highest BCUT2D eigenvalue weighted by atomic mass is 16.6. The van der Waals surface area contributed by atoms with E-state index in [1.54, 1.807) is 0 Å². The van der Waals surface area contributed by atoms with E-state index in [0.717, 1.165) is 17.5 Å². The number of alkyl carbamates (subject to hydrolysis) is 1. The first-order valence-corrected chi connectivity index (χ1v) is 11.7. The summed E-state index contributed by atoms with van der Waals surface area (Å²) in [7, 11) is 0. The van der Waals surface area contributed by atoms with Crippen LogP contribution in [0, 0.1) is 0 Å². The van der Waals surface area contributed by atoms with Crippen molar-refractivity contribution in [3.8, 4) is 0 Å². The zero-order valence-electron chi connectivity index (χ0n) is 20.7. The van der Waals surface area contributed by atoms with Gasteiger partial charge in [0.25, 0.3) is 0 Å². The average Bonchev–Trinajstić information content (AvgIpc) is 2.72. The smallest absolute Gasteiger partial charge is 0.407 e. The van der Waals surface area contributed by atoms with Crippen molar-refractivity contribution in [2.75, 3.05) is 6.54 Å². The van der Waals surface area contributed by atoms with Crippen LogP contribution in [-0.4, -0.2) is 35.5 Å². The molecular weight excluding hydrogens is 412 g/mol. The van der Waals surface area contributed by atoms with Gasteiger partial charge in [0.1, 0.15) is 5.60 Å². The van der Waals surface area contributed by atoms with Gasteiger partial charge < -0.3 is 20.5 Å². The summed E-state index contributed by atoms with van der Waals surface area (Å²) in [6.45, 7) is 14.6. The molecule has 0 heterocycles. The maximum atomic E-state index is 12.5. The third-order valence-electron chi connectivity index (χ3n) is 5.29. The predicted octanol–water partition coefficient (Wildman–Crippen LogP) is 5.13. The van der Waals surface area contributed by atoms with Gasteiger partial charge in [0.15, 0.2) is 0 Å². The molecule has 0 aliphatic carbocycles. The second-order valence-corrected chi connectivity index (χ2v) is 9.87. The molecule has 2 aromatic rings. The first-order chi connectivity index (χ1) is 15.6. The van der Waals surface area contributed by atoms with Crippen LogP contribution >= 0.6 is 0 Å². The van der Waals surface area contributed by atoms with Crippen LogP contribution in [0.15, 0.2) is 61.2 Å². The van der Waals surface area contributed by atoms with Gasteiger partial charge in [-0.05, 0) is 61.8 Å². The summed E-state index contributed by atoms with van der Waals surface area (Å²) in [5.74, 6) is 0.467. The number of ether oxygens (including phenoxy) is 1. The van der Waals surface area contributed by atoms with Gasteiger partial charge >= 0.3 is 6.09 Å². The molecule has 0 unspecified atom stereocenters. The largest absolute Gasteiger partial charge is 0.444 e. The number of rotatable bonds is 11. The van der Waals surface area contributed by atoms with Gasteiger partial charge in [-0.2, -0.15) is 0 Å². The van der Waals surface area contributed by atoms with Crippen molar-refractivity contribution >= 4 is 6.09 Å². The first-order valence-electron chi connectivity index (χ1n) is 11.7. The number of benzene rings is 2. The summed E-state index contributed by atoms with van der Waals surface area (Å²) < 4.78 is 5.43. The molecule has 0 saturated carbocycles. The van der Waals surface area contributed by atoms with Crippen LogP contribution in [-0.2, 0) is 24.1 Å². The maximum Gasteiger partial charge on any atom is 0.407 e. The molecule has 33 heavy (non-hydrogen) atoms. The van der Waals surface area contributed by atoms with Crippen molar-refractivity contribution in [1.82, 2.24) is 10.6 Å². The third kappa shape index (κ3) is 9.80. The molecule has 1 amide bonds. The van der Waals surface area contributed by atoms with Crippen molar-refractivity contribution in [2.45, 2.75) is 77.7 Å². The standard InChI is InChI=1S/C28H40N2O3/c1-7-10-21-11-8-12-22(15-21)17-25(30-27(32)33-28(4,5)6)26(31)19-29-18-23-13-9-14-24(16-23)20(2)3/h7-9,11-16,20,25-26,29,31H,1,10,17-19H2,2-6H3,(H,30,32)/t25-,26-/m0/s1. The minimum absolute atomic E-state index is 0.346. The van der Waals surface area contributed by atoms with E-state index in [1.807, 2.05) is 45.0 Å². The number of hydrogen-bond donors (Lipinski definition) is 3. The first kappa shape index (κ1) is 26.6. The molecule has 2 aromatic carbocycles. The summed E-state index contributed by atoms with van der Waals surface area (Å²) in [6.07, 6.45) is 1.82. The van der Waals surface area contributed by atoms with Gasteiger partial charge in [-0.15, -0.1) is 6.58 Å². The van der Waals surface area contributed by atoms with Crippen LogP contribution in [0.2, 0.25) is 0 Å². The minimum Gasteiger partial charge on any atom is -0.444 e. The molecule has 0 fully saturated rings. The number of carbonyl (C=O) groups is 1. The SMILES string of the molecule is C=CCc1cccc(C[C@H](NC(=O)OC(C)(C)C)[C@@H](O)CNCc2cccc(C(C)C)c2)c1. The maximum absolute atomic E-state index is 12.5. The van der Waals surface area contributed by atoms with Crippen molar-refractivity contribution < 1.29 is 14.6 Å². The Morgan fingerprint density at radius 2 is 1.76 bits per heavy atom. The second-order valence-electron chi connectivity index (χ2n) is 9.87. The lowest BCUT2D eigenvalue weighted by Crippen LogP contribution is -2.49. The summed E-state index contributed by atoms with van der Waals surface area (Å²) in [5.41, 5.74) is 4.04. The number of aliphatic hydroxyl groups is 1. The molecule has 0 spiro atoms. The molecule has 5 nitrogen and oxygen atoms in total. The highest BCUT2D eigenvalue weighted by Crippen LogP contribution is 2.16. The Morgan fingerprint density at radius 3 is 2.42 bits per heavy atom. The highest BCUT2D eigenvalue weighted by Gasteiger charge is 2.25. The number of hydrogen-bond acceptors (Lipinski definition) is 4. The zero-order chi connectivity index (χ0) is 24.4. The number of allylic oxidation sites excluding steroid dienone is 1. The fraction of sp³-hybridized carbons (Fsp3) is 0.464. The van der Waals surface area contributed by atoms with E-state index < -0.39 is 23.8 Å². The molecule has 0 saturated heterocycles. The van der Waals surface area contributed by atoms with Crippen LogP contribution in [0.25, 0.3) is 0 Å². The number of aliphatic hydroxyl groups excluding tert-OH is 1. The summed E-state index contributed by atoms with van der Waals surface area (Å²) in [5, 5.41) is 17.2. The number of carbonyl (C=O) groups excluding carboxylic acids is 1. The molecule has 0 bridgehead atoms. The molecule has 0 aliphatic rings. The number of amides is 1. The van der Waals surface area contributed by atoms with Crippen molar-refractivity contribution in [3.63, 3.8) is 0 Å². The van der Waals surface area contributed by atoms with Gasteiger partial charge in [0.05, 0.1) is 12.1 Å². The van der Waals surface area contributed by atoms with Crippen LogP contribution in [0.5, 0.6) is 0 Å². The quantitative estimate of drug-likeness (QED) is 0.414. The van der Waals surface area contributed by atoms with E-state index in [-0.39, 0.29) is 0 Å². The van der Waals surface area contributed by atoms with E-state index in [4.69, 9.17) is 4.74 Å². The Hall–Kier alpha value is -2.63. The Balaban J connectivity index is 2.06. The van der Waals surface area contributed by atoms with Crippen molar-refractivity contribution in [1.29, 1.82) is 0 Å². The van der Waals surface area contributed by atoms with Gasteiger partial charge in [-0.25, -0.2) is 4.79 Å². The van der Waals surface area contributed by atoms with Crippen LogP contribution in [0.1, 0.15) is 62.8 Å². The van der Waals surface area contributed by atoms with Gasteiger partial charge in [0.2, 0.25) is 0 Å². The molecule has 0 aromatic heterocycles. The highest BCUT2D eigenvalue weighted by molar-refractivity contribution is 5.68. The summed E-state index contributed by atoms with van der Waals surface area (Å²) in [4.78, 5) is 12.5. The molecule has 0 radical (unpaired) electrons. The van der Waals surface area contributed by atoms with E-state index in [9.17, 15) is 9.90 Å². The summed E-state index contributed by atoms with van der Waals surface area (Å²) in [6, 6.07) is 16.1. The summed E-state index contributed by atoms with van der Waals surface area (Å²) >= 11 is 0. The average molecular weight is 453 g/mol. The normalized spacial score (nSPS) is 13.4. The molecule has 2 rings (SSSR count). The molecule has 3 N–H and O–H groups in total. The fourth-order valence-electron chi connectivity index (χ4n) is 3.62. The van der Waals surface area contributed by atoms with Gasteiger partial charge in [-0.3, -0.25) is 0 Å². The molecule has 0 aliphatic heterocycles. The molecule has 5 heteroatoms. The number of nitrogens with one attached hydrogen (secondary N) is 2. The fourth-order valence-corrected chi connectivity index (χ4v) is 3.62. The van der Waals surface area contributed by atoms with E-state index >= 15 is 0 Å². The van der Waals surface area contributed by atoms with Crippen LogP contribution < -0.4 is 10.6 Å². The Bertz CT molecular complexity index is 902. The predicted molar refractivity (Wildman–Crippen MR) is 135 cm³/mol. The molecule has 180 valence electrons. The van der Waals surface area contributed by atoms with E-state index in [1.165, 1.54) is 11.1 Å². The zero-order valence-corrected chi connectivity index (χ0v) is 20.7. The second kappa shape index (κ2) is 12.6. The van der Waals surface area contributed by atoms with Gasteiger partial charge in [-0.1, -0.05) is 68.5 Å². The van der Waals surface area contributed by atoms with Gasteiger partial charge in [0, 0.05) is 13.1 Å². The Morgan fingerprint density at radius 1 is 1.09 bits per heavy atom. The lowest BCUT2D eigenvalue weighted by Gasteiger charge is -2.27.